The highest BCUT2D eigenvalue weighted by Gasteiger charge is 2.41. The second-order valence-electron chi connectivity index (χ2n) is 18.7. The fourth-order valence-electron chi connectivity index (χ4n) is 8.33. The first-order valence-electron chi connectivity index (χ1n) is 21.9. The fraction of sp³-hybridized carbons (Fsp3) is 0.778. The maximum Gasteiger partial charge on any atom is 0.338 e. The van der Waals surface area contributed by atoms with Crippen molar-refractivity contribution in [3.63, 3.8) is 0 Å². The van der Waals surface area contributed by atoms with E-state index < -0.39 is 58.4 Å². The summed E-state index contributed by atoms with van der Waals surface area (Å²) in [6.45, 7) is 21.1. The number of carboxylic acid groups (broad SMARTS) is 2. The standard InChI is InChI=1S/C24H42O6.C10H20O.C7H8O3S.C4H6O6/c1-13(2)17-9-7-15(5)11-19(17)29-23(27)21(25)22(26)24(28)30-20-12-16(6)8-10-18(20)14(3)4;1-7(2)9-5-4-8(3)6-10(9)11;1-6-2-4-7(5-3-6)11(8,9)10;5-1(3(7)8)2(6)4(9)10/h13-22,25-26H,7-12H2,1-6H3;7-11H,4-6H2,1-3H3;2-5H,1H3,(H,8,9,10);1-2,5-6H,(H,7,8)(H,9,10)/t15-,16-,17+,18+,19-,20-,21-,22-;8-,9+,10-;;1-,2-/m11.1/s1. The van der Waals surface area contributed by atoms with E-state index in [1.54, 1.807) is 12.1 Å². The number of aryl methyl sites for hydroxylation is 1. The Morgan fingerprint density at radius 3 is 1.18 bits per heavy atom. The summed E-state index contributed by atoms with van der Waals surface area (Å²) in [4.78, 5) is 44.5. The van der Waals surface area contributed by atoms with E-state index in [9.17, 15) is 42.9 Å². The molecule has 0 amide bonds. The van der Waals surface area contributed by atoms with Gasteiger partial charge in [0.1, 0.15) is 12.2 Å². The van der Waals surface area contributed by atoms with Crippen LogP contribution in [0.4, 0.5) is 0 Å². The first kappa shape index (κ1) is 56.8. The van der Waals surface area contributed by atoms with Crippen LogP contribution in [0.15, 0.2) is 29.2 Å². The monoisotopic (exact) mass is 904 g/mol. The maximum absolute atomic E-state index is 12.5. The Labute approximate surface area is 368 Å². The highest BCUT2D eigenvalue weighted by atomic mass is 32.2. The molecule has 1 aromatic carbocycles. The third kappa shape index (κ3) is 19.3. The van der Waals surface area contributed by atoms with Crippen LogP contribution in [0.5, 0.6) is 0 Å². The minimum atomic E-state index is -4.02. The molecule has 3 fully saturated rings. The number of esters is 2. The molecule has 0 aliphatic heterocycles. The lowest BCUT2D eigenvalue weighted by Crippen LogP contribution is -2.47. The third-order valence-corrected chi connectivity index (χ3v) is 13.2. The molecule has 17 heteroatoms. The maximum atomic E-state index is 12.5. The van der Waals surface area contributed by atoms with Crippen molar-refractivity contribution in [2.45, 2.75) is 175 Å². The Bertz CT molecular complexity index is 1560. The average molecular weight is 905 g/mol. The van der Waals surface area contributed by atoms with Crippen molar-refractivity contribution in [2.24, 2.45) is 53.3 Å². The Morgan fingerprint density at radius 2 is 0.887 bits per heavy atom. The van der Waals surface area contributed by atoms with Crippen molar-refractivity contribution in [1.82, 2.24) is 0 Å². The second kappa shape index (κ2) is 26.6. The van der Waals surface area contributed by atoms with Crippen LogP contribution in [0.25, 0.3) is 0 Å². The number of rotatable bonds is 12. The number of aliphatic hydroxyl groups is 5. The zero-order chi connectivity index (χ0) is 47.8. The summed E-state index contributed by atoms with van der Waals surface area (Å²) in [5, 5.41) is 62.9. The zero-order valence-electron chi connectivity index (χ0n) is 38.2. The molecule has 0 aromatic heterocycles. The van der Waals surface area contributed by atoms with E-state index in [1.807, 2.05) is 6.92 Å². The summed E-state index contributed by atoms with van der Waals surface area (Å²) in [6, 6.07) is 5.99. The minimum Gasteiger partial charge on any atom is -0.479 e. The van der Waals surface area contributed by atoms with Gasteiger partial charge < -0.3 is 45.2 Å². The van der Waals surface area contributed by atoms with Crippen molar-refractivity contribution in [1.29, 1.82) is 0 Å². The molecule has 3 aliphatic rings. The van der Waals surface area contributed by atoms with Gasteiger partial charge in [-0.1, -0.05) is 99.3 Å². The van der Waals surface area contributed by atoms with E-state index in [0.717, 1.165) is 56.4 Å². The van der Waals surface area contributed by atoms with Gasteiger partial charge in [0.25, 0.3) is 10.1 Å². The predicted octanol–water partition coefficient (Wildman–Crippen LogP) is 5.27. The quantitative estimate of drug-likeness (QED) is 0.0979. The van der Waals surface area contributed by atoms with Gasteiger partial charge in [-0.25, -0.2) is 19.2 Å². The second-order valence-corrected chi connectivity index (χ2v) is 20.2. The van der Waals surface area contributed by atoms with Gasteiger partial charge in [-0.3, -0.25) is 4.55 Å². The molecule has 0 radical (unpaired) electrons. The van der Waals surface area contributed by atoms with Crippen LogP contribution in [0.3, 0.4) is 0 Å². The van der Waals surface area contributed by atoms with E-state index in [1.165, 1.54) is 25.0 Å². The molecule has 358 valence electrons. The van der Waals surface area contributed by atoms with Gasteiger partial charge in [-0.15, -0.1) is 0 Å². The Balaban J connectivity index is 0.000000488. The number of carbonyl (C=O) groups excluding carboxylic acids is 2. The van der Waals surface area contributed by atoms with E-state index in [4.69, 9.17) is 34.5 Å². The lowest BCUT2D eigenvalue weighted by molar-refractivity contribution is -0.185. The van der Waals surface area contributed by atoms with E-state index in [0.29, 0.717) is 35.5 Å². The molecule has 3 aliphatic carbocycles. The number of hydrogen-bond acceptors (Lipinski definition) is 13. The number of ether oxygens (including phenoxy) is 2. The van der Waals surface area contributed by atoms with Crippen LogP contribution in [0, 0.1) is 60.2 Å². The van der Waals surface area contributed by atoms with Crippen LogP contribution in [-0.2, 0) is 38.8 Å². The number of carboxylic acids is 2. The Kier molecular flexibility index (Phi) is 24.3. The topological polar surface area (TPSA) is 283 Å². The number of benzene rings is 1. The minimum absolute atomic E-state index is 0.0289. The number of aliphatic carboxylic acids is 2. The van der Waals surface area contributed by atoms with E-state index in [-0.39, 0.29) is 35.0 Å². The van der Waals surface area contributed by atoms with Crippen molar-refractivity contribution in [3.05, 3.63) is 29.8 Å². The smallest absolute Gasteiger partial charge is 0.338 e. The molecule has 13 atom stereocenters. The molecular weight excluding hydrogens is 829 g/mol. The lowest BCUT2D eigenvalue weighted by Gasteiger charge is -2.38. The zero-order valence-corrected chi connectivity index (χ0v) is 39.0. The van der Waals surface area contributed by atoms with Gasteiger partial charge in [0.05, 0.1) is 11.0 Å². The highest BCUT2D eigenvalue weighted by molar-refractivity contribution is 7.85. The van der Waals surface area contributed by atoms with Crippen LogP contribution in [0.2, 0.25) is 0 Å². The molecule has 4 rings (SSSR count). The molecule has 0 spiro atoms. The fourth-order valence-corrected chi connectivity index (χ4v) is 8.81. The molecule has 0 bridgehead atoms. The van der Waals surface area contributed by atoms with Gasteiger partial charge in [-0.2, -0.15) is 8.42 Å². The molecule has 0 unspecified atom stereocenters. The van der Waals surface area contributed by atoms with Gasteiger partial charge >= 0.3 is 23.9 Å². The number of carbonyl (C=O) groups is 4. The average Bonchev–Trinajstić information content (AvgIpc) is 3.16. The molecule has 16 nitrogen and oxygen atoms in total. The van der Waals surface area contributed by atoms with Crippen molar-refractivity contribution in [3.8, 4) is 0 Å². The molecular formula is C45H76O16S. The highest BCUT2D eigenvalue weighted by Crippen LogP contribution is 2.37. The van der Waals surface area contributed by atoms with Crippen molar-refractivity contribution >= 4 is 34.0 Å². The largest absolute Gasteiger partial charge is 0.479 e. The van der Waals surface area contributed by atoms with Gasteiger partial charge in [0.2, 0.25) is 0 Å². The Morgan fingerprint density at radius 1 is 0.565 bits per heavy atom. The first-order valence-corrected chi connectivity index (χ1v) is 23.3. The lowest BCUT2D eigenvalue weighted by atomic mass is 9.75. The summed E-state index contributed by atoms with van der Waals surface area (Å²) in [6.07, 6.45) is 0.0970. The summed E-state index contributed by atoms with van der Waals surface area (Å²) in [7, 11) is -4.02. The summed E-state index contributed by atoms with van der Waals surface area (Å²) < 4.78 is 40.7. The van der Waals surface area contributed by atoms with Gasteiger partial charge in [0.15, 0.2) is 24.4 Å². The van der Waals surface area contributed by atoms with Crippen molar-refractivity contribution in [2.75, 3.05) is 0 Å². The summed E-state index contributed by atoms with van der Waals surface area (Å²) in [5.74, 6) is -1.46. The van der Waals surface area contributed by atoms with Crippen LogP contribution < -0.4 is 0 Å². The van der Waals surface area contributed by atoms with Gasteiger partial charge in [-0.05, 0) is 111 Å². The first-order chi connectivity index (χ1) is 28.6. The van der Waals surface area contributed by atoms with Crippen LogP contribution >= 0.6 is 0 Å². The van der Waals surface area contributed by atoms with E-state index >= 15 is 0 Å². The molecule has 8 N–H and O–H groups in total. The summed E-state index contributed by atoms with van der Waals surface area (Å²) >= 11 is 0. The molecule has 3 saturated carbocycles. The van der Waals surface area contributed by atoms with Crippen molar-refractivity contribution < 1.29 is 77.4 Å². The summed E-state index contributed by atoms with van der Waals surface area (Å²) in [5.41, 5.74) is 0.956. The normalized spacial score (nSPS) is 28.3. The SMILES string of the molecule is CC(C)[C@@H]1CC[C@@H](C)C[C@H]1O.CC(C)[C@@H]1CC[C@@H](C)C[C@H]1OC(=O)[C@H](O)[C@@H](O)C(=O)O[C@@H]1C[C@H](C)CC[C@H]1C(C)C.Cc1ccc(S(=O)(=O)O)cc1.O=C(O)[C@H](O)[C@@H](O)C(=O)O. The number of aliphatic hydroxyl groups excluding tert-OH is 5. The Hall–Kier alpha value is -3.19. The molecule has 62 heavy (non-hydrogen) atoms. The van der Waals surface area contributed by atoms with Gasteiger partial charge in [0, 0.05) is 0 Å². The molecule has 0 saturated heterocycles. The van der Waals surface area contributed by atoms with E-state index in [2.05, 4.69) is 62.3 Å². The predicted molar refractivity (Wildman–Crippen MR) is 230 cm³/mol. The third-order valence-electron chi connectivity index (χ3n) is 12.4. The number of hydrogen-bond donors (Lipinski definition) is 8. The van der Waals surface area contributed by atoms with Crippen LogP contribution in [0.1, 0.15) is 126 Å². The van der Waals surface area contributed by atoms with Crippen LogP contribution in [-0.4, -0.2) is 115 Å². The molecule has 0 heterocycles. The molecule has 1 aromatic rings.